The zero-order valence-corrected chi connectivity index (χ0v) is 30.5. The standard InChI is InChI=1S/C41H47N5O2S2/c47-41-29-31(7-1-2-16-43-18-22-45(23-19-43)37-8-5-10-39-34(37)14-27-49-39)33-13-12-32(30-36(33)42-41)48-26-4-3-17-44-20-24-46(25-21-44)38-9-6-11-40-35(38)15-28-50-40/h5-6,8-15,27-30H,1-4,7,16-26H2,(H,42,47). The van der Waals surface area contributed by atoms with E-state index >= 15 is 0 Å². The van der Waals surface area contributed by atoms with Crippen LogP contribution < -0.4 is 20.1 Å². The van der Waals surface area contributed by atoms with Crippen molar-refractivity contribution in [2.45, 2.75) is 32.1 Å². The van der Waals surface area contributed by atoms with Crippen LogP contribution in [0.2, 0.25) is 0 Å². The molecule has 2 saturated heterocycles. The van der Waals surface area contributed by atoms with Crippen LogP contribution in [0.3, 0.4) is 0 Å². The van der Waals surface area contributed by atoms with Gasteiger partial charge in [0.25, 0.3) is 0 Å². The molecule has 2 fully saturated rings. The molecule has 50 heavy (non-hydrogen) atoms. The molecule has 8 rings (SSSR count). The van der Waals surface area contributed by atoms with Crippen molar-refractivity contribution in [3.05, 3.63) is 99.5 Å². The maximum atomic E-state index is 12.6. The molecular weight excluding hydrogens is 659 g/mol. The molecule has 0 unspecified atom stereocenters. The molecule has 260 valence electrons. The summed E-state index contributed by atoms with van der Waals surface area (Å²) in [5, 5.41) is 8.29. The highest BCUT2D eigenvalue weighted by atomic mass is 32.1. The van der Waals surface area contributed by atoms with Gasteiger partial charge in [0.1, 0.15) is 5.75 Å². The van der Waals surface area contributed by atoms with Gasteiger partial charge in [-0.3, -0.25) is 14.6 Å². The molecule has 0 amide bonds. The van der Waals surface area contributed by atoms with Crippen molar-refractivity contribution in [2.24, 2.45) is 0 Å². The van der Waals surface area contributed by atoms with E-state index < -0.39 is 0 Å². The van der Waals surface area contributed by atoms with Crippen LogP contribution in [0.15, 0.2) is 88.4 Å². The number of hydrogen-bond donors (Lipinski definition) is 1. The van der Waals surface area contributed by atoms with Crippen molar-refractivity contribution >= 4 is 65.1 Å². The first-order chi connectivity index (χ1) is 24.7. The van der Waals surface area contributed by atoms with Crippen LogP contribution in [0.4, 0.5) is 11.4 Å². The van der Waals surface area contributed by atoms with E-state index in [1.54, 1.807) is 6.07 Å². The highest BCUT2D eigenvalue weighted by molar-refractivity contribution is 7.17. The molecule has 3 aromatic heterocycles. The normalized spacial score (nSPS) is 16.2. The summed E-state index contributed by atoms with van der Waals surface area (Å²) in [6.45, 7) is 11.6. The second-order valence-corrected chi connectivity index (χ2v) is 15.7. The van der Waals surface area contributed by atoms with Gasteiger partial charge in [-0.1, -0.05) is 12.1 Å². The third-order valence-corrected chi connectivity index (χ3v) is 12.3. The number of aryl methyl sites for hydroxylation is 1. The fraction of sp³-hybridized carbons (Fsp3) is 0.390. The van der Waals surface area contributed by atoms with E-state index in [-0.39, 0.29) is 5.56 Å². The van der Waals surface area contributed by atoms with Crippen molar-refractivity contribution in [2.75, 3.05) is 81.9 Å². The number of rotatable bonds is 13. The van der Waals surface area contributed by atoms with Crippen molar-refractivity contribution in [1.82, 2.24) is 14.8 Å². The molecule has 6 aromatic rings. The van der Waals surface area contributed by atoms with Crippen molar-refractivity contribution in [1.29, 1.82) is 0 Å². The number of aromatic nitrogens is 1. The van der Waals surface area contributed by atoms with Gasteiger partial charge in [0.15, 0.2) is 0 Å². The lowest BCUT2D eigenvalue weighted by Crippen LogP contribution is -2.46. The van der Waals surface area contributed by atoms with Crippen LogP contribution in [0.25, 0.3) is 31.1 Å². The molecule has 0 aliphatic carbocycles. The maximum Gasteiger partial charge on any atom is 0.248 e. The quantitative estimate of drug-likeness (QED) is 0.123. The Hall–Kier alpha value is -3.89. The number of fused-ring (bicyclic) bond motifs is 3. The first-order valence-corrected chi connectivity index (χ1v) is 20.1. The van der Waals surface area contributed by atoms with Gasteiger partial charge >= 0.3 is 0 Å². The number of nitrogens with zero attached hydrogens (tertiary/aromatic N) is 4. The molecule has 1 N–H and O–H groups in total. The molecular formula is C41H47N5O2S2. The molecule has 0 bridgehead atoms. The zero-order valence-electron chi connectivity index (χ0n) is 28.8. The van der Waals surface area contributed by atoms with E-state index in [0.717, 1.165) is 120 Å². The Balaban J connectivity index is 0.752. The highest BCUT2D eigenvalue weighted by Gasteiger charge is 2.20. The molecule has 0 saturated carbocycles. The molecule has 7 nitrogen and oxygen atoms in total. The molecule has 5 heterocycles. The molecule has 3 aromatic carbocycles. The van der Waals surface area contributed by atoms with Crippen LogP contribution in [0.1, 0.15) is 31.2 Å². The number of H-pyrrole nitrogens is 1. The zero-order chi connectivity index (χ0) is 33.7. The van der Waals surface area contributed by atoms with Crippen molar-refractivity contribution in [3.8, 4) is 5.75 Å². The summed E-state index contributed by atoms with van der Waals surface area (Å²) in [7, 11) is 0. The number of pyridine rings is 1. The number of anilines is 2. The number of ether oxygens (including phenoxy) is 1. The number of unbranched alkanes of at least 4 members (excludes halogenated alkanes) is 2. The number of nitrogens with one attached hydrogen (secondary N) is 1. The van der Waals surface area contributed by atoms with Gasteiger partial charge in [0, 0.05) is 101 Å². The van der Waals surface area contributed by atoms with E-state index in [0.29, 0.717) is 6.61 Å². The van der Waals surface area contributed by atoms with Crippen LogP contribution in [0, 0.1) is 0 Å². The van der Waals surface area contributed by atoms with Crippen LogP contribution in [0.5, 0.6) is 5.75 Å². The second-order valence-electron chi connectivity index (χ2n) is 13.8. The summed E-state index contributed by atoms with van der Waals surface area (Å²) >= 11 is 3.64. The van der Waals surface area contributed by atoms with Gasteiger partial charge < -0.3 is 19.5 Å². The first kappa shape index (κ1) is 33.3. The fourth-order valence-corrected chi connectivity index (χ4v) is 9.43. The Morgan fingerprint density at radius 1 is 0.620 bits per heavy atom. The predicted octanol–water partition coefficient (Wildman–Crippen LogP) is 8.08. The maximum absolute atomic E-state index is 12.6. The van der Waals surface area contributed by atoms with E-state index in [2.05, 4.69) is 96.0 Å². The van der Waals surface area contributed by atoms with Crippen LogP contribution >= 0.6 is 22.7 Å². The number of benzene rings is 3. The molecule has 2 aliphatic rings. The van der Waals surface area contributed by atoms with E-state index in [1.807, 2.05) is 28.7 Å². The van der Waals surface area contributed by atoms with Crippen LogP contribution in [-0.4, -0.2) is 86.8 Å². The van der Waals surface area contributed by atoms with Gasteiger partial charge in [0.2, 0.25) is 5.56 Å². The second kappa shape index (κ2) is 15.6. The molecule has 0 radical (unpaired) electrons. The lowest BCUT2D eigenvalue weighted by Gasteiger charge is -2.36. The number of thiophene rings is 2. The average Bonchev–Trinajstić information content (AvgIpc) is 3.84. The third-order valence-electron chi connectivity index (χ3n) is 10.6. The monoisotopic (exact) mass is 705 g/mol. The van der Waals surface area contributed by atoms with Gasteiger partial charge in [0.05, 0.1) is 12.1 Å². The molecule has 0 spiro atoms. The van der Waals surface area contributed by atoms with E-state index in [4.69, 9.17) is 4.74 Å². The summed E-state index contributed by atoms with van der Waals surface area (Å²) in [4.78, 5) is 25.9. The highest BCUT2D eigenvalue weighted by Crippen LogP contribution is 2.32. The van der Waals surface area contributed by atoms with Gasteiger partial charge in [-0.05, 0) is 110 Å². The minimum atomic E-state index is -0.0338. The van der Waals surface area contributed by atoms with Crippen molar-refractivity contribution < 1.29 is 4.74 Å². The van der Waals surface area contributed by atoms with Gasteiger partial charge in [-0.15, -0.1) is 22.7 Å². The Morgan fingerprint density at radius 2 is 1.22 bits per heavy atom. The van der Waals surface area contributed by atoms with Crippen molar-refractivity contribution in [3.63, 3.8) is 0 Å². The Labute approximate surface area is 302 Å². The lowest BCUT2D eigenvalue weighted by molar-refractivity contribution is 0.239. The Kier molecular flexibility index (Phi) is 10.4. The fourth-order valence-electron chi connectivity index (χ4n) is 7.82. The SMILES string of the molecule is O=c1cc(CCCCN2CCN(c3cccc4sccc34)CC2)c2ccc(OCCCCN3CCN(c4cccc5sccc45)CC3)cc2[nH]1. The molecule has 9 heteroatoms. The smallest absolute Gasteiger partial charge is 0.248 e. The number of hydrogen-bond acceptors (Lipinski definition) is 8. The molecule has 2 aliphatic heterocycles. The molecule has 0 atom stereocenters. The summed E-state index contributed by atoms with van der Waals surface area (Å²) in [5.41, 5.74) is 4.73. The summed E-state index contributed by atoms with van der Waals surface area (Å²) in [6.07, 6.45) is 5.26. The largest absolute Gasteiger partial charge is 0.494 e. The third kappa shape index (κ3) is 7.56. The van der Waals surface area contributed by atoms with E-state index in [1.165, 1.54) is 31.5 Å². The van der Waals surface area contributed by atoms with E-state index in [9.17, 15) is 4.79 Å². The predicted molar refractivity (Wildman–Crippen MR) is 213 cm³/mol. The average molecular weight is 706 g/mol. The summed E-state index contributed by atoms with van der Waals surface area (Å²) in [6, 6.07) is 25.8. The Morgan fingerprint density at radius 3 is 1.84 bits per heavy atom. The topological polar surface area (TPSA) is 55.1 Å². The van der Waals surface area contributed by atoms with Gasteiger partial charge in [-0.25, -0.2) is 0 Å². The minimum absolute atomic E-state index is 0.0338. The number of piperazine rings is 2. The first-order valence-electron chi connectivity index (χ1n) is 18.3. The summed E-state index contributed by atoms with van der Waals surface area (Å²) in [5.74, 6) is 0.830. The Bertz CT molecular complexity index is 2090. The van der Waals surface area contributed by atoms with Crippen LogP contribution in [-0.2, 0) is 6.42 Å². The number of aromatic amines is 1. The summed E-state index contributed by atoms with van der Waals surface area (Å²) < 4.78 is 8.90. The minimum Gasteiger partial charge on any atom is -0.494 e. The lowest BCUT2D eigenvalue weighted by atomic mass is 10.0. The van der Waals surface area contributed by atoms with Gasteiger partial charge in [-0.2, -0.15) is 0 Å².